The highest BCUT2D eigenvalue weighted by molar-refractivity contribution is 6.08. The predicted molar refractivity (Wildman–Crippen MR) is 279 cm³/mol. The van der Waals surface area contributed by atoms with Crippen molar-refractivity contribution < 1.29 is 0 Å². The topological polar surface area (TPSA) is 77.3 Å². The Bertz CT molecular complexity index is 4020. The molecule has 6 heteroatoms. The van der Waals surface area contributed by atoms with Crippen LogP contribution in [0.4, 0.5) is 0 Å². The van der Waals surface area contributed by atoms with Crippen LogP contribution in [0, 0.1) is 0 Å². The fourth-order valence-corrected chi connectivity index (χ4v) is 9.38. The minimum absolute atomic E-state index is 0.660. The van der Waals surface area contributed by atoms with Gasteiger partial charge in [-0.25, -0.2) is 29.9 Å². The van der Waals surface area contributed by atoms with Gasteiger partial charge in [-0.2, -0.15) is 0 Å². The van der Waals surface area contributed by atoms with Crippen molar-refractivity contribution in [2.24, 2.45) is 0 Å². The number of hydrogen-bond acceptors (Lipinski definition) is 6. The van der Waals surface area contributed by atoms with Crippen LogP contribution in [-0.2, 0) is 0 Å². The van der Waals surface area contributed by atoms with E-state index >= 15 is 0 Å². The van der Waals surface area contributed by atoms with Crippen molar-refractivity contribution in [1.82, 2.24) is 29.9 Å². The van der Waals surface area contributed by atoms with Crippen LogP contribution in [0.3, 0.4) is 0 Å². The third-order valence-electron chi connectivity index (χ3n) is 12.9. The number of pyridine rings is 4. The molecular weight excluding hydrogens is 829 g/mol. The fourth-order valence-electron chi connectivity index (χ4n) is 9.38. The average Bonchev–Trinajstić information content (AvgIpc) is 3.42. The largest absolute Gasteiger partial charge is 0.248 e. The third kappa shape index (κ3) is 7.08. The molecule has 5 aromatic heterocycles. The van der Waals surface area contributed by atoms with Crippen LogP contribution in [0.5, 0.6) is 0 Å². The van der Waals surface area contributed by atoms with Crippen LogP contribution in [0.2, 0.25) is 0 Å². The monoisotopic (exact) mass is 866 g/mol. The zero-order valence-corrected chi connectivity index (χ0v) is 36.6. The van der Waals surface area contributed by atoms with Gasteiger partial charge in [-0.15, -0.1) is 0 Å². The molecule has 13 aromatic rings. The van der Waals surface area contributed by atoms with E-state index in [-0.39, 0.29) is 0 Å². The summed E-state index contributed by atoms with van der Waals surface area (Å²) in [6.45, 7) is 0. The molecule has 0 aliphatic rings. The summed E-state index contributed by atoms with van der Waals surface area (Å²) >= 11 is 0. The first-order valence-corrected chi connectivity index (χ1v) is 22.8. The maximum absolute atomic E-state index is 5.33. The molecule has 68 heavy (non-hydrogen) atoms. The van der Waals surface area contributed by atoms with Gasteiger partial charge >= 0.3 is 0 Å². The van der Waals surface area contributed by atoms with E-state index in [9.17, 15) is 0 Å². The Kier molecular flexibility index (Phi) is 9.39. The van der Waals surface area contributed by atoms with Crippen molar-refractivity contribution in [2.45, 2.75) is 0 Å². The van der Waals surface area contributed by atoms with E-state index < -0.39 is 0 Å². The Morgan fingerprint density at radius 2 is 0.662 bits per heavy atom. The molecule has 8 aromatic carbocycles. The number of fused-ring (bicyclic) bond motifs is 6. The van der Waals surface area contributed by atoms with Crippen LogP contribution in [0.25, 0.3) is 133 Å². The van der Waals surface area contributed by atoms with Gasteiger partial charge in [0.25, 0.3) is 0 Å². The summed E-state index contributed by atoms with van der Waals surface area (Å²) in [5, 5.41) is 6.52. The Morgan fingerprint density at radius 1 is 0.221 bits per heavy atom. The molecule has 316 valence electrons. The fraction of sp³-hybridized carbons (Fsp3) is 0. The smallest absolute Gasteiger partial charge is 0.160 e. The van der Waals surface area contributed by atoms with E-state index in [1.54, 1.807) is 0 Å². The molecular formula is C62H38N6. The van der Waals surface area contributed by atoms with Crippen molar-refractivity contribution in [3.8, 4) is 78.9 Å². The van der Waals surface area contributed by atoms with Crippen LogP contribution < -0.4 is 0 Å². The van der Waals surface area contributed by atoms with Crippen LogP contribution in [-0.4, -0.2) is 29.9 Å². The van der Waals surface area contributed by atoms with Crippen molar-refractivity contribution in [3.05, 3.63) is 231 Å². The van der Waals surface area contributed by atoms with Gasteiger partial charge < -0.3 is 0 Å². The molecule has 0 saturated heterocycles. The van der Waals surface area contributed by atoms with E-state index in [1.807, 2.05) is 78.9 Å². The Morgan fingerprint density at radius 3 is 1.34 bits per heavy atom. The van der Waals surface area contributed by atoms with Gasteiger partial charge in [-0.3, -0.25) is 0 Å². The van der Waals surface area contributed by atoms with E-state index in [4.69, 9.17) is 29.9 Å². The van der Waals surface area contributed by atoms with Gasteiger partial charge in [0, 0.05) is 49.4 Å². The SMILES string of the molecule is c1ccc(-c2cc(-c3ccc4ccc(-c5ccc6ccc(-c7ccc(-c8ccc9ccc%10ccc(-c%11ccccc%11)nc%10c9n8)c8ccccc78)cc6n5)cc4n3)nc(-c3ccccc3)n2)cc1. The predicted octanol–water partition coefficient (Wildman–Crippen LogP) is 15.5. The molecule has 0 atom stereocenters. The molecule has 0 bridgehead atoms. The van der Waals surface area contributed by atoms with Gasteiger partial charge in [-0.05, 0) is 64.4 Å². The van der Waals surface area contributed by atoms with Gasteiger partial charge in [0.05, 0.1) is 56.2 Å². The average molecular weight is 867 g/mol. The summed E-state index contributed by atoms with van der Waals surface area (Å²) in [4.78, 5) is 30.9. The lowest BCUT2D eigenvalue weighted by atomic mass is 9.93. The van der Waals surface area contributed by atoms with Gasteiger partial charge in [0.2, 0.25) is 0 Å². The van der Waals surface area contributed by atoms with Crippen LogP contribution in [0.1, 0.15) is 0 Å². The number of hydrogen-bond donors (Lipinski definition) is 0. The molecule has 0 N–H and O–H groups in total. The van der Waals surface area contributed by atoms with Crippen molar-refractivity contribution in [2.75, 3.05) is 0 Å². The standard InChI is InChI=1S/C62H38N6/c1-4-12-39(13-5-1)52-33-28-43-22-23-44-29-34-54(66-61(44)60(43)65-52)51-31-30-48(49-18-10-11-19-50(49)51)46-24-20-41-26-32-53(63-56(41)36-46)47-25-21-42-27-35-55(64-57(42)37-47)59-38-58(40-14-6-2-7-15-40)67-62(68-59)45-16-8-3-9-17-45/h1-38H. The number of aromatic nitrogens is 6. The summed E-state index contributed by atoms with van der Waals surface area (Å²) in [5.74, 6) is 0.660. The lowest BCUT2D eigenvalue weighted by molar-refractivity contribution is 1.17. The minimum atomic E-state index is 0.660. The summed E-state index contributed by atoms with van der Waals surface area (Å²) in [6, 6.07) is 79.8. The van der Waals surface area contributed by atoms with E-state index in [2.05, 4.69) is 152 Å². The molecule has 0 saturated carbocycles. The summed E-state index contributed by atoms with van der Waals surface area (Å²) in [6.07, 6.45) is 0. The first kappa shape index (κ1) is 39.1. The van der Waals surface area contributed by atoms with E-state index in [1.165, 1.54) is 0 Å². The number of benzene rings is 8. The maximum atomic E-state index is 5.33. The number of nitrogens with zero attached hydrogens (tertiary/aromatic N) is 6. The second-order valence-corrected chi connectivity index (χ2v) is 17.1. The summed E-state index contributed by atoms with van der Waals surface area (Å²) in [7, 11) is 0. The Labute approximate surface area is 392 Å². The van der Waals surface area contributed by atoms with Gasteiger partial charge in [-0.1, -0.05) is 188 Å². The zero-order valence-electron chi connectivity index (χ0n) is 36.6. The lowest BCUT2D eigenvalue weighted by Crippen LogP contribution is -1.97. The van der Waals surface area contributed by atoms with E-state index in [0.717, 1.165) is 127 Å². The molecule has 0 fully saturated rings. The highest BCUT2D eigenvalue weighted by Gasteiger charge is 2.16. The molecule has 0 aliphatic carbocycles. The van der Waals surface area contributed by atoms with Gasteiger partial charge in [0.15, 0.2) is 5.82 Å². The Balaban J connectivity index is 0.857. The lowest BCUT2D eigenvalue weighted by Gasteiger charge is -2.13. The Hall–Kier alpha value is -9.26. The highest BCUT2D eigenvalue weighted by Crippen LogP contribution is 2.38. The third-order valence-corrected chi connectivity index (χ3v) is 12.9. The number of rotatable bonds is 7. The van der Waals surface area contributed by atoms with Gasteiger partial charge in [0.1, 0.15) is 0 Å². The van der Waals surface area contributed by atoms with Crippen LogP contribution in [0.15, 0.2) is 231 Å². The summed E-state index contributed by atoms with van der Waals surface area (Å²) in [5.41, 5.74) is 16.0. The molecule has 0 spiro atoms. The zero-order chi connectivity index (χ0) is 45.0. The summed E-state index contributed by atoms with van der Waals surface area (Å²) < 4.78 is 0. The first-order valence-electron chi connectivity index (χ1n) is 22.8. The molecule has 5 heterocycles. The van der Waals surface area contributed by atoms with Crippen molar-refractivity contribution in [1.29, 1.82) is 0 Å². The van der Waals surface area contributed by atoms with Crippen molar-refractivity contribution >= 4 is 54.4 Å². The first-order chi connectivity index (χ1) is 33.6. The highest BCUT2D eigenvalue weighted by atomic mass is 14.9. The quantitative estimate of drug-likeness (QED) is 0.149. The van der Waals surface area contributed by atoms with E-state index in [0.29, 0.717) is 5.82 Å². The van der Waals surface area contributed by atoms with Crippen molar-refractivity contribution in [3.63, 3.8) is 0 Å². The molecule has 0 amide bonds. The van der Waals surface area contributed by atoms with Crippen LogP contribution >= 0.6 is 0 Å². The normalized spacial score (nSPS) is 11.5. The maximum Gasteiger partial charge on any atom is 0.160 e. The molecule has 0 aliphatic heterocycles. The molecule has 0 radical (unpaired) electrons. The molecule has 13 rings (SSSR count). The minimum Gasteiger partial charge on any atom is -0.248 e. The second kappa shape index (κ2) is 16.3. The molecule has 0 unspecified atom stereocenters. The molecule has 6 nitrogen and oxygen atoms in total. The second-order valence-electron chi connectivity index (χ2n) is 17.1.